The van der Waals surface area contributed by atoms with E-state index in [-0.39, 0.29) is 6.61 Å². The molecule has 1 fully saturated rings. The lowest BCUT2D eigenvalue weighted by Gasteiger charge is -2.21. The van der Waals surface area contributed by atoms with Crippen molar-refractivity contribution >= 4 is 22.8 Å². The number of aliphatic hydroxyl groups is 1. The van der Waals surface area contributed by atoms with Crippen LogP contribution in [-0.2, 0) is 0 Å². The molecule has 0 saturated carbocycles. The van der Waals surface area contributed by atoms with Crippen LogP contribution in [0.15, 0.2) is 22.6 Å². The lowest BCUT2D eigenvalue weighted by Crippen LogP contribution is -2.30. The van der Waals surface area contributed by atoms with E-state index in [0.29, 0.717) is 17.7 Å². The standard InChI is InChI=1S/C13H17N3O2/c14-9-3-4-11-12(8-9)18-13(15-11)16-6-1-2-10(16)5-7-17/h3-4,8,10,17H,1-2,5-7,14H2. The highest BCUT2D eigenvalue weighted by Gasteiger charge is 2.27. The molecular formula is C13H17N3O2. The zero-order valence-corrected chi connectivity index (χ0v) is 10.2. The fourth-order valence-corrected chi connectivity index (χ4v) is 2.59. The SMILES string of the molecule is Nc1ccc2nc(N3CCCC3CCO)oc2c1. The van der Waals surface area contributed by atoms with Crippen LogP contribution in [0.3, 0.4) is 0 Å². The lowest BCUT2D eigenvalue weighted by molar-refractivity contribution is 0.274. The zero-order chi connectivity index (χ0) is 12.5. The van der Waals surface area contributed by atoms with Crippen LogP contribution >= 0.6 is 0 Å². The van der Waals surface area contributed by atoms with E-state index in [1.165, 1.54) is 0 Å². The summed E-state index contributed by atoms with van der Waals surface area (Å²) >= 11 is 0. The molecule has 1 aromatic heterocycles. The van der Waals surface area contributed by atoms with E-state index in [0.717, 1.165) is 36.9 Å². The average molecular weight is 247 g/mol. The Morgan fingerprint density at radius 1 is 1.50 bits per heavy atom. The predicted molar refractivity (Wildman–Crippen MR) is 70.5 cm³/mol. The minimum absolute atomic E-state index is 0.203. The molecule has 3 rings (SSSR count). The van der Waals surface area contributed by atoms with Crippen molar-refractivity contribution in [2.45, 2.75) is 25.3 Å². The van der Waals surface area contributed by atoms with Crippen molar-refractivity contribution in [1.29, 1.82) is 0 Å². The van der Waals surface area contributed by atoms with Crippen LogP contribution in [0.2, 0.25) is 0 Å². The number of nitrogens with zero attached hydrogens (tertiary/aromatic N) is 2. The number of rotatable bonds is 3. The van der Waals surface area contributed by atoms with E-state index in [1.54, 1.807) is 6.07 Å². The Morgan fingerprint density at radius 3 is 3.22 bits per heavy atom. The lowest BCUT2D eigenvalue weighted by atomic mass is 10.1. The Morgan fingerprint density at radius 2 is 2.39 bits per heavy atom. The molecule has 1 saturated heterocycles. The van der Waals surface area contributed by atoms with Gasteiger partial charge in [0.2, 0.25) is 0 Å². The van der Waals surface area contributed by atoms with E-state index in [1.807, 2.05) is 12.1 Å². The molecule has 2 aromatic rings. The molecule has 18 heavy (non-hydrogen) atoms. The summed E-state index contributed by atoms with van der Waals surface area (Å²) in [5.41, 5.74) is 7.96. The van der Waals surface area contributed by atoms with Crippen LogP contribution in [-0.4, -0.2) is 29.3 Å². The highest BCUT2D eigenvalue weighted by Crippen LogP contribution is 2.30. The van der Waals surface area contributed by atoms with E-state index < -0.39 is 0 Å². The summed E-state index contributed by atoms with van der Waals surface area (Å²) in [6.07, 6.45) is 2.97. The van der Waals surface area contributed by atoms with Crippen molar-refractivity contribution in [3.63, 3.8) is 0 Å². The fourth-order valence-electron chi connectivity index (χ4n) is 2.59. The summed E-state index contributed by atoms with van der Waals surface area (Å²) < 4.78 is 5.76. The monoisotopic (exact) mass is 247 g/mol. The molecule has 1 aromatic carbocycles. The number of hydrogen-bond donors (Lipinski definition) is 2. The molecule has 1 atom stereocenters. The number of aliphatic hydroxyl groups excluding tert-OH is 1. The van der Waals surface area contributed by atoms with Gasteiger partial charge in [-0.15, -0.1) is 0 Å². The minimum atomic E-state index is 0.203. The first-order valence-corrected chi connectivity index (χ1v) is 6.31. The van der Waals surface area contributed by atoms with Crippen LogP contribution < -0.4 is 10.6 Å². The molecule has 5 nitrogen and oxygen atoms in total. The molecule has 3 N–H and O–H groups in total. The van der Waals surface area contributed by atoms with Gasteiger partial charge >= 0.3 is 0 Å². The number of aromatic nitrogens is 1. The molecule has 0 bridgehead atoms. The third-order valence-electron chi connectivity index (χ3n) is 3.49. The molecule has 96 valence electrons. The Kier molecular flexibility index (Phi) is 2.83. The highest BCUT2D eigenvalue weighted by atomic mass is 16.4. The van der Waals surface area contributed by atoms with Gasteiger partial charge in [0.1, 0.15) is 5.52 Å². The van der Waals surface area contributed by atoms with Crippen LogP contribution in [0, 0.1) is 0 Å². The minimum Gasteiger partial charge on any atom is -0.423 e. The van der Waals surface area contributed by atoms with Gasteiger partial charge in [-0.05, 0) is 31.4 Å². The summed E-state index contributed by atoms with van der Waals surface area (Å²) in [6, 6.07) is 6.47. The Hall–Kier alpha value is -1.75. The van der Waals surface area contributed by atoms with Gasteiger partial charge in [0.15, 0.2) is 5.58 Å². The second-order valence-electron chi connectivity index (χ2n) is 4.73. The number of anilines is 2. The van der Waals surface area contributed by atoms with Crippen LogP contribution in [0.25, 0.3) is 11.1 Å². The van der Waals surface area contributed by atoms with Crippen LogP contribution in [0.4, 0.5) is 11.7 Å². The summed E-state index contributed by atoms with van der Waals surface area (Å²) in [5, 5.41) is 9.07. The van der Waals surface area contributed by atoms with Gasteiger partial charge in [-0.25, -0.2) is 0 Å². The molecule has 0 aliphatic carbocycles. The normalized spacial score (nSPS) is 19.8. The van der Waals surface area contributed by atoms with Gasteiger partial charge in [0.25, 0.3) is 6.01 Å². The first-order chi connectivity index (χ1) is 8.78. The number of benzene rings is 1. The van der Waals surface area contributed by atoms with Crippen molar-refractivity contribution in [1.82, 2.24) is 4.98 Å². The van der Waals surface area contributed by atoms with E-state index in [9.17, 15) is 0 Å². The molecule has 1 aliphatic rings. The second kappa shape index (κ2) is 4.49. The van der Waals surface area contributed by atoms with E-state index >= 15 is 0 Å². The zero-order valence-electron chi connectivity index (χ0n) is 10.2. The summed E-state index contributed by atoms with van der Waals surface area (Å²) in [7, 11) is 0. The molecular weight excluding hydrogens is 230 g/mol. The van der Waals surface area contributed by atoms with Gasteiger partial charge < -0.3 is 20.2 Å². The van der Waals surface area contributed by atoms with E-state index in [2.05, 4.69) is 9.88 Å². The molecule has 5 heteroatoms. The Labute approximate surface area is 105 Å². The first-order valence-electron chi connectivity index (χ1n) is 6.31. The molecule has 1 unspecified atom stereocenters. The fraction of sp³-hybridized carbons (Fsp3) is 0.462. The summed E-state index contributed by atoms with van der Waals surface area (Å²) in [4.78, 5) is 6.64. The van der Waals surface area contributed by atoms with Crippen molar-refractivity contribution < 1.29 is 9.52 Å². The largest absolute Gasteiger partial charge is 0.423 e. The third kappa shape index (κ3) is 1.90. The molecule has 0 radical (unpaired) electrons. The maximum absolute atomic E-state index is 9.07. The topological polar surface area (TPSA) is 75.5 Å². The van der Waals surface area contributed by atoms with Crippen molar-refractivity contribution in [2.24, 2.45) is 0 Å². The third-order valence-corrected chi connectivity index (χ3v) is 3.49. The van der Waals surface area contributed by atoms with Gasteiger partial charge in [-0.1, -0.05) is 0 Å². The van der Waals surface area contributed by atoms with Gasteiger partial charge in [-0.3, -0.25) is 0 Å². The van der Waals surface area contributed by atoms with Crippen molar-refractivity contribution in [3.8, 4) is 0 Å². The number of nitrogens with two attached hydrogens (primary N) is 1. The number of fused-ring (bicyclic) bond motifs is 1. The average Bonchev–Trinajstić information content (AvgIpc) is 2.94. The van der Waals surface area contributed by atoms with E-state index in [4.69, 9.17) is 15.3 Å². The quantitative estimate of drug-likeness (QED) is 0.808. The summed E-state index contributed by atoms with van der Waals surface area (Å²) in [5.74, 6) is 0. The Balaban J connectivity index is 1.93. The highest BCUT2D eigenvalue weighted by molar-refractivity contribution is 5.78. The van der Waals surface area contributed by atoms with Gasteiger partial charge in [0, 0.05) is 30.9 Å². The Bertz CT molecular complexity index is 552. The molecule has 2 heterocycles. The number of hydrogen-bond acceptors (Lipinski definition) is 5. The maximum atomic E-state index is 9.07. The van der Waals surface area contributed by atoms with Crippen molar-refractivity contribution in [2.75, 3.05) is 23.8 Å². The second-order valence-corrected chi connectivity index (χ2v) is 4.73. The molecule has 1 aliphatic heterocycles. The predicted octanol–water partition coefficient (Wildman–Crippen LogP) is 1.76. The van der Waals surface area contributed by atoms with Gasteiger partial charge in [-0.2, -0.15) is 4.98 Å². The number of oxazole rings is 1. The van der Waals surface area contributed by atoms with Gasteiger partial charge in [0.05, 0.1) is 0 Å². The smallest absolute Gasteiger partial charge is 0.298 e. The molecule has 0 spiro atoms. The summed E-state index contributed by atoms with van der Waals surface area (Å²) in [6.45, 7) is 1.14. The van der Waals surface area contributed by atoms with Crippen LogP contribution in [0.5, 0.6) is 0 Å². The van der Waals surface area contributed by atoms with Crippen molar-refractivity contribution in [3.05, 3.63) is 18.2 Å². The maximum Gasteiger partial charge on any atom is 0.298 e. The number of nitrogen functional groups attached to an aromatic ring is 1. The molecule has 0 amide bonds. The van der Waals surface area contributed by atoms with Crippen LogP contribution in [0.1, 0.15) is 19.3 Å². The first kappa shape index (κ1) is 11.3.